The molecule has 0 aliphatic carbocycles. The summed E-state index contributed by atoms with van der Waals surface area (Å²) in [6, 6.07) is 17.6. The monoisotopic (exact) mass is 365 g/mol. The highest BCUT2D eigenvalue weighted by Crippen LogP contribution is 2.46. The molecule has 2 saturated heterocycles. The Morgan fingerprint density at radius 3 is 2.19 bits per heavy atom. The van der Waals surface area contributed by atoms with Crippen LogP contribution in [0, 0.1) is 5.92 Å². The summed E-state index contributed by atoms with van der Waals surface area (Å²) >= 11 is 0. The van der Waals surface area contributed by atoms with Crippen LogP contribution in [0.1, 0.15) is 30.7 Å². The zero-order valence-corrected chi connectivity index (χ0v) is 16.2. The Kier molecular flexibility index (Phi) is 4.92. The van der Waals surface area contributed by atoms with Crippen molar-refractivity contribution in [1.29, 1.82) is 0 Å². The molecular formula is C23H27NO3. The van der Waals surface area contributed by atoms with Crippen LogP contribution in [0.25, 0.3) is 11.1 Å². The van der Waals surface area contributed by atoms with Gasteiger partial charge in [0.15, 0.2) is 0 Å². The van der Waals surface area contributed by atoms with Gasteiger partial charge in [-0.1, -0.05) is 36.4 Å². The van der Waals surface area contributed by atoms with E-state index in [-0.39, 0.29) is 17.8 Å². The van der Waals surface area contributed by atoms with Gasteiger partial charge in [-0.2, -0.15) is 0 Å². The highest BCUT2D eigenvalue weighted by Gasteiger charge is 2.49. The highest BCUT2D eigenvalue weighted by atomic mass is 16.5. The second kappa shape index (κ2) is 7.35. The van der Waals surface area contributed by atoms with Gasteiger partial charge in [0, 0.05) is 18.0 Å². The summed E-state index contributed by atoms with van der Waals surface area (Å²) < 4.78 is 10.4. The largest absolute Gasteiger partial charge is 0.497 e. The molecule has 0 aromatic heterocycles. The van der Waals surface area contributed by atoms with E-state index in [9.17, 15) is 4.79 Å². The molecule has 0 saturated carbocycles. The fourth-order valence-corrected chi connectivity index (χ4v) is 4.97. The Hall–Kier alpha value is -2.33. The van der Waals surface area contributed by atoms with Gasteiger partial charge in [0.2, 0.25) is 0 Å². The Morgan fingerprint density at radius 1 is 0.963 bits per heavy atom. The molecule has 2 heterocycles. The van der Waals surface area contributed by atoms with Crippen LogP contribution in [0.15, 0.2) is 48.5 Å². The first-order valence-corrected chi connectivity index (χ1v) is 9.66. The van der Waals surface area contributed by atoms with Gasteiger partial charge in [0.25, 0.3) is 0 Å². The second-order valence-corrected chi connectivity index (χ2v) is 7.71. The molecule has 0 spiro atoms. The van der Waals surface area contributed by atoms with Crippen molar-refractivity contribution in [1.82, 2.24) is 4.90 Å². The summed E-state index contributed by atoms with van der Waals surface area (Å²) in [6.45, 7) is 0. The number of methoxy groups -OCH3 is 2. The lowest BCUT2D eigenvalue weighted by molar-refractivity contribution is -0.150. The molecule has 142 valence electrons. The lowest BCUT2D eigenvalue weighted by Crippen LogP contribution is -2.49. The van der Waals surface area contributed by atoms with E-state index in [0.29, 0.717) is 12.1 Å². The van der Waals surface area contributed by atoms with Gasteiger partial charge >= 0.3 is 5.97 Å². The Morgan fingerprint density at radius 2 is 1.59 bits per heavy atom. The topological polar surface area (TPSA) is 38.8 Å². The molecule has 4 heteroatoms. The number of ether oxygens (including phenoxy) is 2. The molecule has 4 atom stereocenters. The number of hydrogen-bond donors (Lipinski definition) is 0. The minimum atomic E-state index is -0.0782. The summed E-state index contributed by atoms with van der Waals surface area (Å²) in [5, 5.41) is 0. The average molecular weight is 365 g/mol. The normalized spacial score (nSPS) is 27.4. The first kappa shape index (κ1) is 18.1. The van der Waals surface area contributed by atoms with E-state index >= 15 is 0 Å². The number of piperidine rings is 1. The standard InChI is InChI=1S/C23H27NO3/c1-24-18-10-13-21(24)22(23(25)27-3)20(14-18)17-6-4-15(5-7-17)16-8-11-19(26-2)12-9-16/h4-9,11-12,18,20-22H,10,13-14H2,1-3H3/t18-,20+,21+,22-/m0/s1. The minimum Gasteiger partial charge on any atom is -0.497 e. The SMILES string of the molecule is COC(=O)[C@H]1[C@@H](c2ccc(-c3ccc(OC)cc3)cc2)C[C@@H]2CC[C@H]1N2C. The van der Waals surface area contributed by atoms with E-state index in [0.717, 1.165) is 24.2 Å². The zero-order chi connectivity index (χ0) is 19.0. The van der Waals surface area contributed by atoms with Crippen LogP contribution < -0.4 is 4.74 Å². The van der Waals surface area contributed by atoms with Crippen molar-refractivity contribution in [2.24, 2.45) is 5.92 Å². The number of fused-ring (bicyclic) bond motifs is 2. The summed E-state index contributed by atoms with van der Waals surface area (Å²) in [6.07, 6.45) is 3.28. The van der Waals surface area contributed by atoms with E-state index in [1.54, 1.807) is 7.11 Å². The van der Waals surface area contributed by atoms with Crippen molar-refractivity contribution in [3.63, 3.8) is 0 Å². The number of rotatable bonds is 4. The minimum absolute atomic E-state index is 0.0727. The summed E-state index contributed by atoms with van der Waals surface area (Å²) in [5.74, 6) is 0.941. The van der Waals surface area contributed by atoms with E-state index in [1.165, 1.54) is 24.7 Å². The van der Waals surface area contributed by atoms with Crippen molar-refractivity contribution in [2.45, 2.75) is 37.3 Å². The third-order valence-electron chi connectivity index (χ3n) is 6.50. The molecule has 4 nitrogen and oxygen atoms in total. The van der Waals surface area contributed by atoms with Crippen LogP contribution in [0.4, 0.5) is 0 Å². The molecule has 2 aliphatic rings. The second-order valence-electron chi connectivity index (χ2n) is 7.71. The molecule has 0 unspecified atom stereocenters. The Labute approximate surface area is 161 Å². The number of carbonyl (C=O) groups is 1. The van der Waals surface area contributed by atoms with Gasteiger partial charge in [-0.25, -0.2) is 0 Å². The van der Waals surface area contributed by atoms with Crippen molar-refractivity contribution in [3.8, 4) is 16.9 Å². The van der Waals surface area contributed by atoms with Crippen molar-refractivity contribution in [3.05, 3.63) is 54.1 Å². The molecule has 0 N–H and O–H groups in total. The summed E-state index contributed by atoms with van der Waals surface area (Å²) in [5.41, 5.74) is 3.58. The maximum absolute atomic E-state index is 12.6. The first-order valence-electron chi connectivity index (χ1n) is 9.66. The predicted molar refractivity (Wildman–Crippen MR) is 106 cm³/mol. The first-order chi connectivity index (χ1) is 13.1. The number of nitrogens with zero attached hydrogens (tertiary/aromatic N) is 1. The fraction of sp³-hybridized carbons (Fsp3) is 0.435. The summed E-state index contributed by atoms with van der Waals surface area (Å²) in [4.78, 5) is 15.0. The van der Waals surface area contributed by atoms with Gasteiger partial charge in [-0.05, 0) is 55.1 Å². The van der Waals surface area contributed by atoms with Crippen LogP contribution in [0.5, 0.6) is 5.75 Å². The molecule has 2 aliphatic heterocycles. The molecule has 0 radical (unpaired) electrons. The highest BCUT2D eigenvalue weighted by molar-refractivity contribution is 5.75. The molecule has 4 rings (SSSR count). The number of hydrogen-bond acceptors (Lipinski definition) is 4. The fourth-order valence-electron chi connectivity index (χ4n) is 4.97. The third-order valence-corrected chi connectivity index (χ3v) is 6.50. The van der Waals surface area contributed by atoms with Gasteiger partial charge in [0.05, 0.1) is 20.1 Å². The van der Waals surface area contributed by atoms with Crippen molar-refractivity contribution < 1.29 is 14.3 Å². The molecular weight excluding hydrogens is 338 g/mol. The smallest absolute Gasteiger partial charge is 0.310 e. The van der Waals surface area contributed by atoms with Gasteiger partial charge < -0.3 is 9.47 Å². The van der Waals surface area contributed by atoms with Crippen molar-refractivity contribution >= 4 is 5.97 Å². The van der Waals surface area contributed by atoms with Crippen LogP contribution in [0.2, 0.25) is 0 Å². The Balaban J connectivity index is 1.61. The van der Waals surface area contributed by atoms with Crippen molar-refractivity contribution in [2.75, 3.05) is 21.3 Å². The summed E-state index contributed by atoms with van der Waals surface area (Å²) in [7, 11) is 5.34. The van der Waals surface area contributed by atoms with Crippen LogP contribution >= 0.6 is 0 Å². The van der Waals surface area contributed by atoms with E-state index in [2.05, 4.69) is 48.3 Å². The molecule has 2 fully saturated rings. The Bertz CT molecular complexity index is 799. The molecule has 27 heavy (non-hydrogen) atoms. The van der Waals surface area contributed by atoms with Gasteiger partial charge in [-0.3, -0.25) is 9.69 Å². The van der Waals surface area contributed by atoms with Crippen LogP contribution in [-0.2, 0) is 9.53 Å². The zero-order valence-electron chi connectivity index (χ0n) is 16.2. The quantitative estimate of drug-likeness (QED) is 0.765. The number of carbonyl (C=O) groups excluding carboxylic acids is 1. The maximum Gasteiger partial charge on any atom is 0.310 e. The van der Waals surface area contributed by atoms with E-state index in [4.69, 9.17) is 9.47 Å². The molecule has 2 aromatic rings. The maximum atomic E-state index is 12.6. The van der Waals surface area contributed by atoms with E-state index in [1.807, 2.05) is 12.1 Å². The number of benzene rings is 2. The van der Waals surface area contributed by atoms with E-state index < -0.39 is 0 Å². The molecule has 2 aromatic carbocycles. The predicted octanol–water partition coefficient (Wildman–Crippen LogP) is 4.10. The molecule has 2 bridgehead atoms. The molecule has 0 amide bonds. The van der Waals surface area contributed by atoms with Gasteiger partial charge in [-0.15, -0.1) is 0 Å². The lowest BCUT2D eigenvalue weighted by Gasteiger charge is -2.41. The lowest BCUT2D eigenvalue weighted by atomic mass is 9.76. The average Bonchev–Trinajstić information content (AvgIpc) is 2.95. The van der Waals surface area contributed by atoms with Crippen LogP contribution in [0.3, 0.4) is 0 Å². The van der Waals surface area contributed by atoms with Crippen LogP contribution in [-0.4, -0.2) is 44.2 Å². The number of esters is 1. The third kappa shape index (κ3) is 3.23. The van der Waals surface area contributed by atoms with Gasteiger partial charge in [0.1, 0.15) is 5.75 Å².